The zero-order chi connectivity index (χ0) is 18.4. The maximum Gasteiger partial charge on any atom is 0.319 e. The summed E-state index contributed by atoms with van der Waals surface area (Å²) in [6.07, 6.45) is 2.71. The molecule has 0 bridgehead atoms. The number of urea groups is 1. The monoisotopic (exact) mass is 366 g/mol. The standard InChI is InChI=1S/C18H27ClN4O2/c1-12-9-15(19)10-13(2)16(12)22-18(25)21-6-4-8-23-7-3-5-14(11-23)17(20)24/h9-10,14H,3-8,11H2,1-2H3,(H2,20,24)(H2,21,22,25)/t14-/m0/s1. The second-order valence-corrected chi connectivity index (χ2v) is 7.13. The zero-order valence-electron chi connectivity index (χ0n) is 14.9. The van der Waals surface area contributed by atoms with Gasteiger partial charge in [-0.05, 0) is 69.5 Å². The number of carbonyl (C=O) groups is 2. The number of anilines is 1. The topological polar surface area (TPSA) is 87.5 Å². The maximum atomic E-state index is 12.1. The fourth-order valence-corrected chi connectivity index (χ4v) is 3.59. The van der Waals surface area contributed by atoms with Crippen molar-refractivity contribution in [1.82, 2.24) is 10.2 Å². The predicted molar refractivity (Wildman–Crippen MR) is 101 cm³/mol. The first-order valence-electron chi connectivity index (χ1n) is 8.70. The van der Waals surface area contributed by atoms with Crippen LogP contribution in [-0.2, 0) is 4.79 Å². The van der Waals surface area contributed by atoms with E-state index in [0.29, 0.717) is 11.6 Å². The normalized spacial score (nSPS) is 18.0. The van der Waals surface area contributed by atoms with E-state index in [0.717, 1.165) is 55.7 Å². The highest BCUT2D eigenvalue weighted by molar-refractivity contribution is 6.30. The van der Waals surface area contributed by atoms with Gasteiger partial charge in [0.25, 0.3) is 0 Å². The average Bonchev–Trinajstić information content (AvgIpc) is 2.55. The Balaban J connectivity index is 1.72. The van der Waals surface area contributed by atoms with Crippen LogP contribution >= 0.6 is 11.6 Å². The third kappa shape index (κ3) is 5.90. The molecule has 0 aliphatic carbocycles. The number of carbonyl (C=O) groups excluding carboxylic acids is 2. The Morgan fingerprint density at radius 2 is 2.00 bits per heavy atom. The molecule has 25 heavy (non-hydrogen) atoms. The van der Waals surface area contributed by atoms with E-state index in [9.17, 15) is 9.59 Å². The summed E-state index contributed by atoms with van der Waals surface area (Å²) in [6, 6.07) is 3.44. The summed E-state index contributed by atoms with van der Waals surface area (Å²) in [7, 11) is 0. The van der Waals surface area contributed by atoms with E-state index in [4.69, 9.17) is 17.3 Å². The molecule has 1 atom stereocenters. The Morgan fingerprint density at radius 1 is 1.32 bits per heavy atom. The number of nitrogens with zero attached hydrogens (tertiary/aromatic N) is 1. The number of rotatable bonds is 6. The molecular formula is C18H27ClN4O2. The average molecular weight is 367 g/mol. The predicted octanol–water partition coefficient (Wildman–Crippen LogP) is 2.67. The fraction of sp³-hybridized carbons (Fsp3) is 0.556. The first kappa shape index (κ1) is 19.5. The summed E-state index contributed by atoms with van der Waals surface area (Å²) >= 11 is 6.00. The molecule has 1 heterocycles. The van der Waals surface area contributed by atoms with E-state index >= 15 is 0 Å². The molecule has 0 spiro atoms. The van der Waals surface area contributed by atoms with Crippen LogP contribution in [0.2, 0.25) is 5.02 Å². The van der Waals surface area contributed by atoms with Gasteiger partial charge in [-0.1, -0.05) is 11.6 Å². The molecule has 3 amide bonds. The molecule has 0 radical (unpaired) electrons. The van der Waals surface area contributed by atoms with Gasteiger partial charge in [-0.3, -0.25) is 4.79 Å². The molecule has 6 nitrogen and oxygen atoms in total. The molecule has 0 saturated carbocycles. The number of aryl methyl sites for hydroxylation is 2. The zero-order valence-corrected chi connectivity index (χ0v) is 15.7. The van der Waals surface area contributed by atoms with Crippen LogP contribution in [0.1, 0.15) is 30.4 Å². The molecule has 1 aliphatic heterocycles. The molecule has 1 saturated heterocycles. The summed E-state index contributed by atoms with van der Waals surface area (Å²) in [6.45, 7) is 6.97. The molecule has 0 aromatic heterocycles. The van der Waals surface area contributed by atoms with Gasteiger partial charge < -0.3 is 21.3 Å². The lowest BCUT2D eigenvalue weighted by atomic mass is 9.97. The van der Waals surface area contributed by atoms with Gasteiger partial charge in [0.05, 0.1) is 5.92 Å². The quantitative estimate of drug-likeness (QED) is 0.676. The second-order valence-electron chi connectivity index (χ2n) is 6.69. The van der Waals surface area contributed by atoms with Crippen molar-refractivity contribution in [3.05, 3.63) is 28.3 Å². The maximum absolute atomic E-state index is 12.1. The van der Waals surface area contributed by atoms with E-state index in [1.165, 1.54) is 0 Å². The molecule has 7 heteroatoms. The molecule has 2 rings (SSSR count). The molecular weight excluding hydrogens is 340 g/mol. The minimum atomic E-state index is -0.220. The highest BCUT2D eigenvalue weighted by Crippen LogP contribution is 2.24. The first-order valence-corrected chi connectivity index (χ1v) is 9.08. The molecule has 0 unspecified atom stereocenters. The van der Waals surface area contributed by atoms with Crippen molar-refractivity contribution in [1.29, 1.82) is 0 Å². The summed E-state index contributed by atoms with van der Waals surface area (Å²) in [5.74, 6) is -0.253. The number of halogens is 1. The van der Waals surface area contributed by atoms with Crippen molar-refractivity contribution < 1.29 is 9.59 Å². The molecule has 4 N–H and O–H groups in total. The van der Waals surface area contributed by atoms with Gasteiger partial charge in [0.1, 0.15) is 0 Å². The highest BCUT2D eigenvalue weighted by atomic mass is 35.5. The third-order valence-corrected chi connectivity index (χ3v) is 4.80. The molecule has 1 aromatic carbocycles. The highest BCUT2D eigenvalue weighted by Gasteiger charge is 2.23. The van der Waals surface area contributed by atoms with Crippen molar-refractivity contribution in [2.75, 3.05) is 31.5 Å². The van der Waals surface area contributed by atoms with Crippen molar-refractivity contribution in [3.8, 4) is 0 Å². The molecule has 1 fully saturated rings. The van der Waals surface area contributed by atoms with Crippen LogP contribution in [-0.4, -0.2) is 43.0 Å². The number of nitrogens with two attached hydrogens (primary N) is 1. The van der Waals surface area contributed by atoms with Crippen molar-refractivity contribution in [2.24, 2.45) is 11.7 Å². The molecule has 138 valence electrons. The van der Waals surface area contributed by atoms with Gasteiger partial charge >= 0.3 is 6.03 Å². The van der Waals surface area contributed by atoms with Crippen LogP contribution in [0.3, 0.4) is 0 Å². The Kier molecular flexibility index (Phi) is 7.08. The Bertz CT molecular complexity index is 612. The minimum Gasteiger partial charge on any atom is -0.369 e. The Labute approximate surface area is 154 Å². The smallest absolute Gasteiger partial charge is 0.319 e. The second kappa shape index (κ2) is 9.06. The van der Waals surface area contributed by atoms with E-state index in [-0.39, 0.29) is 17.9 Å². The van der Waals surface area contributed by atoms with Gasteiger partial charge in [-0.15, -0.1) is 0 Å². The number of piperidine rings is 1. The SMILES string of the molecule is Cc1cc(Cl)cc(C)c1NC(=O)NCCCN1CCC[C@H](C(N)=O)C1. The minimum absolute atomic E-state index is 0.0409. The van der Waals surface area contributed by atoms with Crippen LogP contribution in [0, 0.1) is 19.8 Å². The number of nitrogens with one attached hydrogen (secondary N) is 2. The van der Waals surface area contributed by atoms with Crippen LogP contribution < -0.4 is 16.4 Å². The van der Waals surface area contributed by atoms with Gasteiger partial charge in [0.2, 0.25) is 5.91 Å². The van der Waals surface area contributed by atoms with Gasteiger partial charge in [-0.25, -0.2) is 4.79 Å². The van der Waals surface area contributed by atoms with Crippen molar-refractivity contribution in [3.63, 3.8) is 0 Å². The van der Waals surface area contributed by atoms with Crippen LogP contribution in [0.5, 0.6) is 0 Å². The first-order chi connectivity index (χ1) is 11.9. The lowest BCUT2D eigenvalue weighted by molar-refractivity contribution is -0.123. The van der Waals surface area contributed by atoms with Gasteiger partial charge in [-0.2, -0.15) is 0 Å². The van der Waals surface area contributed by atoms with Gasteiger partial charge in [0.15, 0.2) is 0 Å². The lowest BCUT2D eigenvalue weighted by Crippen LogP contribution is -2.42. The summed E-state index contributed by atoms with van der Waals surface area (Å²) in [5.41, 5.74) is 8.06. The fourth-order valence-electron chi connectivity index (χ4n) is 3.26. The van der Waals surface area contributed by atoms with Crippen molar-refractivity contribution in [2.45, 2.75) is 33.1 Å². The van der Waals surface area contributed by atoms with Crippen LogP contribution in [0.15, 0.2) is 12.1 Å². The summed E-state index contributed by atoms with van der Waals surface area (Å²) in [4.78, 5) is 25.6. The van der Waals surface area contributed by atoms with E-state index in [1.54, 1.807) is 0 Å². The Hall–Kier alpha value is -1.79. The number of hydrogen-bond donors (Lipinski definition) is 3. The number of hydrogen-bond acceptors (Lipinski definition) is 3. The van der Waals surface area contributed by atoms with E-state index in [1.807, 2.05) is 26.0 Å². The summed E-state index contributed by atoms with van der Waals surface area (Å²) < 4.78 is 0. The molecule has 1 aliphatic rings. The van der Waals surface area contributed by atoms with Crippen molar-refractivity contribution >= 4 is 29.2 Å². The number of amides is 3. The molecule has 1 aromatic rings. The summed E-state index contributed by atoms with van der Waals surface area (Å²) in [5, 5.41) is 6.42. The number of likely N-dealkylation sites (tertiary alicyclic amines) is 1. The van der Waals surface area contributed by atoms with Crippen LogP contribution in [0.25, 0.3) is 0 Å². The number of primary amides is 1. The van der Waals surface area contributed by atoms with Crippen LogP contribution in [0.4, 0.5) is 10.5 Å². The third-order valence-electron chi connectivity index (χ3n) is 4.58. The van der Waals surface area contributed by atoms with E-state index in [2.05, 4.69) is 15.5 Å². The number of benzene rings is 1. The largest absolute Gasteiger partial charge is 0.369 e. The lowest BCUT2D eigenvalue weighted by Gasteiger charge is -2.31. The Morgan fingerprint density at radius 3 is 2.64 bits per heavy atom. The van der Waals surface area contributed by atoms with E-state index < -0.39 is 0 Å². The van der Waals surface area contributed by atoms with Gasteiger partial charge in [0, 0.05) is 23.8 Å².